The van der Waals surface area contributed by atoms with Crippen molar-refractivity contribution in [3.8, 4) is 0 Å². The number of aliphatic hydroxyl groups is 2. The minimum Gasteiger partial charge on any atom is -0.393 e. The van der Waals surface area contributed by atoms with E-state index in [1.165, 1.54) is 0 Å². The molecular weight excluding hydrogens is 496 g/mol. The van der Waals surface area contributed by atoms with Crippen molar-refractivity contribution in [3.63, 3.8) is 0 Å². The summed E-state index contributed by atoms with van der Waals surface area (Å²) in [5.74, 6) is 2.03. The molecule has 4 atom stereocenters. The zero-order valence-electron chi connectivity index (χ0n) is 28.3. The summed E-state index contributed by atoms with van der Waals surface area (Å²) in [4.78, 5) is 12.8. The van der Waals surface area contributed by atoms with Crippen LogP contribution in [0.15, 0.2) is 12.3 Å². The second-order valence-corrected chi connectivity index (χ2v) is 17.8. The molecule has 4 unspecified atom stereocenters. The van der Waals surface area contributed by atoms with Gasteiger partial charge in [-0.3, -0.25) is 4.79 Å². The first-order valence-corrected chi connectivity index (χ1v) is 16.1. The van der Waals surface area contributed by atoms with Crippen LogP contribution in [0.1, 0.15) is 128 Å². The van der Waals surface area contributed by atoms with Gasteiger partial charge in [0.2, 0.25) is 5.91 Å². The van der Waals surface area contributed by atoms with Crippen LogP contribution in [0, 0.1) is 57.2 Å². The molecule has 0 bridgehead atoms. The van der Waals surface area contributed by atoms with E-state index >= 15 is 0 Å². The van der Waals surface area contributed by atoms with Crippen molar-refractivity contribution in [2.24, 2.45) is 57.2 Å². The first-order chi connectivity index (χ1) is 18.0. The molecule has 0 aromatic rings. The molecule has 0 saturated heterocycles. The number of rotatable bonds is 8. The lowest BCUT2D eigenvalue weighted by molar-refractivity contribution is -0.122. The molecule has 40 heavy (non-hydrogen) atoms. The number of aliphatic hydroxyl groups excluding tert-OH is 2. The van der Waals surface area contributed by atoms with Crippen LogP contribution in [-0.2, 0) is 4.79 Å². The Morgan fingerprint density at radius 2 is 1.00 bits per heavy atom. The van der Waals surface area contributed by atoms with Gasteiger partial charge in [-0.25, -0.2) is 0 Å². The fourth-order valence-electron chi connectivity index (χ4n) is 7.73. The Morgan fingerprint density at radius 1 is 0.650 bits per heavy atom. The minimum atomic E-state index is -0.287. The summed E-state index contributed by atoms with van der Waals surface area (Å²) in [5, 5.41) is 28.8. The van der Waals surface area contributed by atoms with Gasteiger partial charge >= 0.3 is 0 Å². The molecule has 2 fully saturated rings. The van der Waals surface area contributed by atoms with E-state index in [9.17, 15) is 15.0 Å². The third-order valence-corrected chi connectivity index (χ3v) is 10.4. The summed E-state index contributed by atoms with van der Waals surface area (Å²) in [6.07, 6.45) is 5.68. The standard InChI is InChI=1S/C35H66N2O3/c1-22(16-24-19-27(34(8,9)10)31(40)28(20-24)35(11,12)13)36-21-37-29(38)15-14-23-17-25(32(2,3)4)30(39)26(18-23)33(5,6)7/h23-28,30-31,36,39-40H,1,14-21H2,2-13H3,(H,37,38). The summed E-state index contributed by atoms with van der Waals surface area (Å²) in [6, 6.07) is 0. The van der Waals surface area contributed by atoms with Crippen LogP contribution in [0.25, 0.3) is 0 Å². The summed E-state index contributed by atoms with van der Waals surface area (Å²) >= 11 is 0. The van der Waals surface area contributed by atoms with Crippen molar-refractivity contribution in [3.05, 3.63) is 12.3 Å². The van der Waals surface area contributed by atoms with Crippen LogP contribution in [0.4, 0.5) is 0 Å². The van der Waals surface area contributed by atoms with Crippen LogP contribution < -0.4 is 10.6 Å². The smallest absolute Gasteiger partial charge is 0.221 e. The molecule has 0 radical (unpaired) electrons. The van der Waals surface area contributed by atoms with Gasteiger partial charge in [0, 0.05) is 12.1 Å². The third-order valence-electron chi connectivity index (χ3n) is 10.4. The highest BCUT2D eigenvalue weighted by Gasteiger charge is 2.47. The van der Waals surface area contributed by atoms with E-state index in [0.29, 0.717) is 24.9 Å². The maximum atomic E-state index is 12.8. The highest BCUT2D eigenvalue weighted by molar-refractivity contribution is 5.75. The van der Waals surface area contributed by atoms with E-state index in [-0.39, 0.29) is 63.4 Å². The quantitative estimate of drug-likeness (QED) is 0.231. The Morgan fingerprint density at radius 3 is 1.35 bits per heavy atom. The maximum Gasteiger partial charge on any atom is 0.221 e. The largest absolute Gasteiger partial charge is 0.393 e. The number of hydrogen-bond acceptors (Lipinski definition) is 4. The molecule has 2 rings (SSSR count). The Bertz CT molecular complexity index is 791. The van der Waals surface area contributed by atoms with Crippen LogP contribution in [0.5, 0.6) is 0 Å². The molecule has 0 spiro atoms. The lowest BCUT2D eigenvalue weighted by Crippen LogP contribution is -2.48. The van der Waals surface area contributed by atoms with Crippen LogP contribution in [0.2, 0.25) is 0 Å². The summed E-state index contributed by atoms with van der Waals surface area (Å²) < 4.78 is 0. The average molecular weight is 563 g/mol. The molecule has 234 valence electrons. The fourth-order valence-corrected chi connectivity index (χ4v) is 7.73. The number of carbonyl (C=O) groups is 1. The third kappa shape index (κ3) is 9.75. The second kappa shape index (κ2) is 13.1. The normalized spacial score (nSPS) is 32.5. The Kier molecular flexibility index (Phi) is 11.5. The number of nitrogens with one attached hydrogen (secondary N) is 2. The highest BCUT2D eigenvalue weighted by atomic mass is 16.3. The van der Waals surface area contributed by atoms with Gasteiger partial charge in [0.25, 0.3) is 0 Å². The van der Waals surface area contributed by atoms with Crippen molar-refractivity contribution < 1.29 is 15.0 Å². The zero-order chi connectivity index (χ0) is 30.8. The predicted molar refractivity (Wildman–Crippen MR) is 168 cm³/mol. The molecular formula is C35H66N2O3. The van der Waals surface area contributed by atoms with Gasteiger partial charge in [0.1, 0.15) is 0 Å². The molecule has 5 heteroatoms. The lowest BCUT2D eigenvalue weighted by atomic mass is 9.58. The van der Waals surface area contributed by atoms with Gasteiger partial charge in [-0.15, -0.1) is 0 Å². The van der Waals surface area contributed by atoms with Crippen LogP contribution in [-0.4, -0.2) is 35.0 Å². The van der Waals surface area contributed by atoms with Gasteiger partial charge in [-0.1, -0.05) is 89.7 Å². The molecule has 2 aliphatic carbocycles. The highest BCUT2D eigenvalue weighted by Crippen LogP contribution is 2.50. The molecule has 5 nitrogen and oxygen atoms in total. The average Bonchev–Trinajstić information content (AvgIpc) is 2.76. The topological polar surface area (TPSA) is 81.6 Å². The monoisotopic (exact) mass is 563 g/mol. The summed E-state index contributed by atoms with van der Waals surface area (Å²) in [6.45, 7) is 31.5. The van der Waals surface area contributed by atoms with Crippen molar-refractivity contribution in [1.82, 2.24) is 10.6 Å². The van der Waals surface area contributed by atoms with Gasteiger partial charge in [-0.05, 0) is 95.7 Å². The van der Waals surface area contributed by atoms with Crippen molar-refractivity contribution in [2.45, 2.75) is 140 Å². The molecule has 4 N–H and O–H groups in total. The van der Waals surface area contributed by atoms with Gasteiger partial charge in [-0.2, -0.15) is 0 Å². The van der Waals surface area contributed by atoms with Crippen molar-refractivity contribution >= 4 is 5.91 Å². The Hall–Kier alpha value is -1.07. The van der Waals surface area contributed by atoms with Crippen molar-refractivity contribution in [2.75, 3.05) is 6.67 Å². The minimum absolute atomic E-state index is 0.0460. The second-order valence-electron chi connectivity index (χ2n) is 17.8. The molecule has 0 aromatic carbocycles. The number of amides is 1. The van der Waals surface area contributed by atoms with E-state index in [1.807, 2.05) is 0 Å². The summed E-state index contributed by atoms with van der Waals surface area (Å²) in [5.41, 5.74) is 1.17. The predicted octanol–water partition coefficient (Wildman–Crippen LogP) is 7.52. The number of allylic oxidation sites excluding steroid dienone is 1. The maximum absolute atomic E-state index is 12.8. The van der Waals surface area contributed by atoms with Gasteiger partial charge in [0.15, 0.2) is 0 Å². The molecule has 0 aromatic heterocycles. The molecule has 0 aliphatic heterocycles. The molecule has 2 aliphatic rings. The molecule has 0 heterocycles. The van der Waals surface area contributed by atoms with E-state index in [2.05, 4.69) is 100 Å². The molecule has 2 saturated carbocycles. The number of carbonyl (C=O) groups excluding carboxylic acids is 1. The molecule has 1 amide bonds. The SMILES string of the molecule is C=C(CC1CC(C(C)(C)C)C(O)C(C(C)(C)C)C1)NCNC(=O)CCC1CC(C(C)(C)C)C(O)C(C(C)(C)C)C1. The van der Waals surface area contributed by atoms with Gasteiger partial charge < -0.3 is 20.8 Å². The van der Waals surface area contributed by atoms with Gasteiger partial charge in [0.05, 0.1) is 18.9 Å². The summed E-state index contributed by atoms with van der Waals surface area (Å²) in [7, 11) is 0. The Labute approximate surface area is 247 Å². The van der Waals surface area contributed by atoms with Crippen LogP contribution in [0.3, 0.4) is 0 Å². The van der Waals surface area contributed by atoms with Crippen molar-refractivity contribution in [1.29, 1.82) is 0 Å². The van der Waals surface area contributed by atoms with E-state index in [1.54, 1.807) is 0 Å². The fraction of sp³-hybridized carbons (Fsp3) is 0.914. The van der Waals surface area contributed by atoms with E-state index < -0.39 is 0 Å². The van der Waals surface area contributed by atoms with Crippen LogP contribution >= 0.6 is 0 Å². The van der Waals surface area contributed by atoms with E-state index in [0.717, 1.165) is 44.2 Å². The lowest BCUT2D eigenvalue weighted by Gasteiger charge is -2.49. The number of hydrogen-bond donors (Lipinski definition) is 4. The zero-order valence-corrected chi connectivity index (χ0v) is 28.3. The first kappa shape index (κ1) is 35.1. The van der Waals surface area contributed by atoms with E-state index in [4.69, 9.17) is 0 Å². The Balaban J connectivity index is 1.86. The first-order valence-electron chi connectivity index (χ1n) is 16.1.